The van der Waals surface area contributed by atoms with Crippen LogP contribution in [0.2, 0.25) is 5.02 Å². The SMILES string of the molecule is Cc1ccc(C)c(COC(=O)c2ccccc2NC(=O)c2ccc([N+](=O)[O-])cc2Cl)c1. The number of rotatable bonds is 6. The average molecular weight is 439 g/mol. The molecule has 3 aromatic rings. The van der Waals surface area contributed by atoms with Crippen molar-refractivity contribution in [2.75, 3.05) is 5.32 Å². The van der Waals surface area contributed by atoms with Crippen molar-refractivity contribution in [3.05, 3.63) is 104 Å². The van der Waals surface area contributed by atoms with Crippen LogP contribution in [0.25, 0.3) is 0 Å². The van der Waals surface area contributed by atoms with Crippen LogP contribution in [0.4, 0.5) is 11.4 Å². The van der Waals surface area contributed by atoms with E-state index in [9.17, 15) is 19.7 Å². The van der Waals surface area contributed by atoms with Crippen molar-refractivity contribution in [3.63, 3.8) is 0 Å². The van der Waals surface area contributed by atoms with Crippen LogP contribution in [0.1, 0.15) is 37.4 Å². The zero-order valence-electron chi connectivity index (χ0n) is 16.8. The smallest absolute Gasteiger partial charge is 0.340 e. The second kappa shape index (κ2) is 9.40. The van der Waals surface area contributed by atoms with Gasteiger partial charge in [0.05, 0.1) is 26.8 Å². The van der Waals surface area contributed by atoms with E-state index in [1.54, 1.807) is 24.3 Å². The van der Waals surface area contributed by atoms with Gasteiger partial charge in [-0.1, -0.05) is 47.5 Å². The van der Waals surface area contributed by atoms with Crippen LogP contribution in [-0.2, 0) is 11.3 Å². The number of amides is 1. The Kier molecular flexibility index (Phi) is 6.67. The number of ether oxygens (including phenoxy) is 1. The Labute approximate surface area is 183 Å². The molecule has 3 aromatic carbocycles. The number of esters is 1. The van der Waals surface area contributed by atoms with E-state index in [0.29, 0.717) is 0 Å². The molecular formula is C23H19ClN2O5. The molecule has 31 heavy (non-hydrogen) atoms. The number of nitrogens with zero attached hydrogens (tertiary/aromatic N) is 1. The highest BCUT2D eigenvalue weighted by Gasteiger charge is 2.19. The van der Waals surface area contributed by atoms with Gasteiger partial charge < -0.3 is 10.1 Å². The van der Waals surface area contributed by atoms with E-state index in [1.807, 2.05) is 32.0 Å². The lowest BCUT2D eigenvalue weighted by Gasteiger charge is -2.12. The number of anilines is 1. The maximum Gasteiger partial charge on any atom is 0.340 e. The number of nitrogens with one attached hydrogen (secondary N) is 1. The topological polar surface area (TPSA) is 98.5 Å². The van der Waals surface area contributed by atoms with E-state index in [0.717, 1.165) is 22.8 Å². The first-order valence-corrected chi connectivity index (χ1v) is 9.71. The molecule has 0 bridgehead atoms. The molecule has 1 N–H and O–H groups in total. The second-order valence-corrected chi connectivity index (χ2v) is 7.33. The summed E-state index contributed by atoms with van der Waals surface area (Å²) < 4.78 is 5.45. The van der Waals surface area contributed by atoms with Gasteiger partial charge in [0, 0.05) is 12.1 Å². The van der Waals surface area contributed by atoms with E-state index < -0.39 is 16.8 Å². The maximum atomic E-state index is 12.7. The third-order valence-corrected chi connectivity index (χ3v) is 4.98. The Morgan fingerprint density at radius 3 is 2.48 bits per heavy atom. The van der Waals surface area contributed by atoms with Crippen LogP contribution in [0.5, 0.6) is 0 Å². The first-order valence-electron chi connectivity index (χ1n) is 9.34. The van der Waals surface area contributed by atoms with E-state index in [-0.39, 0.29) is 34.1 Å². The summed E-state index contributed by atoms with van der Waals surface area (Å²) in [4.78, 5) is 35.5. The van der Waals surface area contributed by atoms with Gasteiger partial charge in [-0.3, -0.25) is 14.9 Å². The lowest BCUT2D eigenvalue weighted by atomic mass is 10.1. The first kappa shape index (κ1) is 22.0. The van der Waals surface area contributed by atoms with Gasteiger partial charge in [-0.25, -0.2) is 4.79 Å². The molecule has 0 heterocycles. The fourth-order valence-corrected chi connectivity index (χ4v) is 3.20. The normalized spacial score (nSPS) is 10.4. The van der Waals surface area contributed by atoms with Crippen LogP contribution < -0.4 is 5.32 Å². The van der Waals surface area contributed by atoms with Crippen molar-refractivity contribution >= 4 is 34.9 Å². The van der Waals surface area contributed by atoms with E-state index in [1.165, 1.54) is 12.1 Å². The molecule has 7 nitrogen and oxygen atoms in total. The predicted molar refractivity (Wildman–Crippen MR) is 118 cm³/mol. The third kappa shape index (κ3) is 5.26. The van der Waals surface area contributed by atoms with E-state index >= 15 is 0 Å². The van der Waals surface area contributed by atoms with Gasteiger partial charge in [0.25, 0.3) is 11.6 Å². The van der Waals surface area contributed by atoms with Gasteiger partial charge in [0.1, 0.15) is 6.61 Å². The first-order chi connectivity index (χ1) is 14.8. The number of hydrogen-bond donors (Lipinski definition) is 1. The molecule has 3 rings (SSSR count). The van der Waals surface area contributed by atoms with Crippen molar-refractivity contribution in [3.8, 4) is 0 Å². The molecular weight excluding hydrogens is 420 g/mol. The monoisotopic (exact) mass is 438 g/mol. The number of para-hydroxylation sites is 1. The largest absolute Gasteiger partial charge is 0.457 e. The molecule has 0 aliphatic rings. The Morgan fingerprint density at radius 1 is 1.03 bits per heavy atom. The Bertz CT molecular complexity index is 1180. The van der Waals surface area contributed by atoms with Gasteiger partial charge in [-0.15, -0.1) is 0 Å². The summed E-state index contributed by atoms with van der Waals surface area (Å²) in [6.07, 6.45) is 0. The van der Waals surface area contributed by atoms with Crippen LogP contribution in [0, 0.1) is 24.0 Å². The lowest BCUT2D eigenvalue weighted by molar-refractivity contribution is -0.384. The van der Waals surface area contributed by atoms with Crippen LogP contribution >= 0.6 is 11.6 Å². The third-order valence-electron chi connectivity index (χ3n) is 4.67. The summed E-state index contributed by atoms with van der Waals surface area (Å²) in [7, 11) is 0. The van der Waals surface area contributed by atoms with Gasteiger partial charge >= 0.3 is 5.97 Å². The van der Waals surface area contributed by atoms with Gasteiger partial charge in [-0.2, -0.15) is 0 Å². The van der Waals surface area contributed by atoms with Crippen molar-refractivity contribution in [1.29, 1.82) is 0 Å². The van der Waals surface area contributed by atoms with E-state index in [4.69, 9.17) is 16.3 Å². The molecule has 1 amide bonds. The van der Waals surface area contributed by atoms with Crippen molar-refractivity contribution in [2.45, 2.75) is 20.5 Å². The number of nitro benzene ring substituents is 1. The molecule has 0 fully saturated rings. The number of carbonyl (C=O) groups excluding carboxylic acids is 2. The fraction of sp³-hybridized carbons (Fsp3) is 0.130. The van der Waals surface area contributed by atoms with Gasteiger partial charge in [-0.05, 0) is 43.2 Å². The second-order valence-electron chi connectivity index (χ2n) is 6.93. The molecule has 0 spiro atoms. The fourth-order valence-electron chi connectivity index (χ4n) is 2.94. The minimum absolute atomic E-state index is 0.0471. The Hall–Kier alpha value is -3.71. The van der Waals surface area contributed by atoms with Crippen molar-refractivity contribution < 1.29 is 19.2 Å². The standard InChI is InChI=1S/C23H19ClN2O5/c1-14-7-8-15(2)16(11-14)13-31-23(28)19-5-3-4-6-21(19)25-22(27)18-10-9-17(26(29)30)12-20(18)24/h3-12H,13H2,1-2H3,(H,25,27). The number of aryl methyl sites for hydroxylation is 2. The molecule has 0 atom stereocenters. The number of nitro groups is 1. The number of halogens is 1. The van der Waals surface area contributed by atoms with Gasteiger partial charge in [0.2, 0.25) is 0 Å². The average Bonchev–Trinajstić information content (AvgIpc) is 2.74. The van der Waals surface area contributed by atoms with Crippen LogP contribution in [-0.4, -0.2) is 16.8 Å². The highest BCUT2D eigenvalue weighted by atomic mass is 35.5. The molecule has 0 radical (unpaired) electrons. The minimum atomic E-state index is -0.602. The summed E-state index contributed by atoms with van der Waals surface area (Å²) in [5, 5.41) is 13.4. The number of hydrogen-bond acceptors (Lipinski definition) is 5. The molecule has 0 unspecified atom stereocenters. The van der Waals surface area contributed by atoms with Crippen LogP contribution in [0.3, 0.4) is 0 Å². The molecule has 0 saturated heterocycles. The highest BCUT2D eigenvalue weighted by molar-refractivity contribution is 6.34. The van der Waals surface area contributed by atoms with Crippen molar-refractivity contribution in [2.24, 2.45) is 0 Å². The Balaban J connectivity index is 1.77. The maximum absolute atomic E-state index is 12.7. The quantitative estimate of drug-likeness (QED) is 0.312. The molecule has 0 saturated carbocycles. The number of benzene rings is 3. The van der Waals surface area contributed by atoms with Crippen LogP contribution in [0.15, 0.2) is 60.7 Å². The number of carbonyl (C=O) groups is 2. The molecule has 0 aliphatic carbocycles. The summed E-state index contributed by atoms with van der Waals surface area (Å²) in [6.45, 7) is 3.99. The zero-order chi connectivity index (χ0) is 22.5. The number of non-ortho nitro benzene ring substituents is 1. The summed E-state index contributed by atoms with van der Waals surface area (Å²) in [6, 6.07) is 15.9. The Morgan fingerprint density at radius 2 is 1.77 bits per heavy atom. The minimum Gasteiger partial charge on any atom is -0.457 e. The predicted octanol–water partition coefficient (Wildman–Crippen LogP) is 5.47. The zero-order valence-corrected chi connectivity index (χ0v) is 17.6. The van der Waals surface area contributed by atoms with Gasteiger partial charge in [0.15, 0.2) is 0 Å². The molecule has 8 heteroatoms. The lowest BCUT2D eigenvalue weighted by Crippen LogP contribution is -2.16. The summed E-state index contributed by atoms with van der Waals surface area (Å²) in [5.74, 6) is -1.19. The molecule has 158 valence electrons. The summed E-state index contributed by atoms with van der Waals surface area (Å²) >= 11 is 6.03. The summed E-state index contributed by atoms with van der Waals surface area (Å²) in [5.41, 5.74) is 3.21. The highest BCUT2D eigenvalue weighted by Crippen LogP contribution is 2.25. The molecule has 0 aromatic heterocycles. The van der Waals surface area contributed by atoms with Crippen molar-refractivity contribution in [1.82, 2.24) is 0 Å². The van der Waals surface area contributed by atoms with E-state index in [2.05, 4.69) is 5.32 Å². The molecule has 0 aliphatic heterocycles.